The Kier molecular flexibility index (Phi) is 1.66. The van der Waals surface area contributed by atoms with Crippen LogP contribution >= 0.6 is 0 Å². The van der Waals surface area contributed by atoms with Gasteiger partial charge in [0.05, 0.1) is 6.54 Å². The van der Waals surface area contributed by atoms with Crippen molar-refractivity contribution in [1.29, 1.82) is 0 Å². The summed E-state index contributed by atoms with van der Waals surface area (Å²) >= 11 is 0. The van der Waals surface area contributed by atoms with Crippen molar-refractivity contribution in [3.8, 4) is 0 Å². The highest BCUT2D eigenvalue weighted by molar-refractivity contribution is 5.89. The highest BCUT2D eigenvalue weighted by Gasteiger charge is 2.63. The SMILES string of the molecule is CN1CC[C@]2(F)C(=O)NC[C@]2(O)C1. The first kappa shape index (κ1) is 8.90. The minimum atomic E-state index is -2.07. The largest absolute Gasteiger partial charge is 0.383 e. The van der Waals surface area contributed by atoms with Gasteiger partial charge in [0.15, 0.2) is 0 Å². The van der Waals surface area contributed by atoms with Crippen LogP contribution in [-0.4, -0.2) is 53.9 Å². The molecule has 0 aromatic heterocycles. The Morgan fingerprint density at radius 3 is 3.08 bits per heavy atom. The van der Waals surface area contributed by atoms with Gasteiger partial charge in [-0.15, -0.1) is 0 Å². The number of likely N-dealkylation sites (tertiary alicyclic amines) is 1. The Balaban J connectivity index is 2.32. The van der Waals surface area contributed by atoms with E-state index in [4.69, 9.17) is 0 Å². The van der Waals surface area contributed by atoms with Gasteiger partial charge in [-0.3, -0.25) is 4.79 Å². The zero-order valence-corrected chi connectivity index (χ0v) is 7.51. The van der Waals surface area contributed by atoms with Crippen LogP contribution < -0.4 is 5.32 Å². The van der Waals surface area contributed by atoms with Crippen molar-refractivity contribution in [2.24, 2.45) is 0 Å². The Morgan fingerprint density at radius 1 is 1.69 bits per heavy atom. The van der Waals surface area contributed by atoms with Crippen LogP contribution in [0.5, 0.6) is 0 Å². The number of likely N-dealkylation sites (N-methyl/N-ethyl adjacent to an activating group) is 1. The van der Waals surface area contributed by atoms with Crippen LogP contribution in [0.15, 0.2) is 0 Å². The predicted molar refractivity (Wildman–Crippen MR) is 43.9 cm³/mol. The van der Waals surface area contributed by atoms with Crippen molar-refractivity contribution in [3.63, 3.8) is 0 Å². The molecule has 2 aliphatic heterocycles. The van der Waals surface area contributed by atoms with Gasteiger partial charge in [-0.1, -0.05) is 0 Å². The van der Waals surface area contributed by atoms with E-state index in [1.54, 1.807) is 7.05 Å². The summed E-state index contributed by atoms with van der Waals surface area (Å²) < 4.78 is 14.0. The van der Waals surface area contributed by atoms with Gasteiger partial charge >= 0.3 is 0 Å². The Hall–Kier alpha value is -0.680. The minimum absolute atomic E-state index is 0.0205. The van der Waals surface area contributed by atoms with Gasteiger partial charge in [0, 0.05) is 19.5 Å². The van der Waals surface area contributed by atoms with Crippen LogP contribution in [0.3, 0.4) is 0 Å². The fourth-order valence-corrected chi connectivity index (χ4v) is 2.12. The van der Waals surface area contributed by atoms with Gasteiger partial charge in [-0.25, -0.2) is 4.39 Å². The lowest BCUT2D eigenvalue weighted by atomic mass is 9.81. The molecule has 2 aliphatic rings. The lowest BCUT2D eigenvalue weighted by Gasteiger charge is -2.41. The maximum absolute atomic E-state index is 14.0. The number of piperidine rings is 1. The molecule has 2 fully saturated rings. The number of hydrogen-bond acceptors (Lipinski definition) is 3. The summed E-state index contributed by atoms with van der Waals surface area (Å²) in [6.45, 7) is 0.737. The molecular weight excluding hydrogens is 175 g/mol. The molecule has 2 heterocycles. The molecule has 0 saturated carbocycles. The molecule has 0 aliphatic carbocycles. The highest BCUT2D eigenvalue weighted by atomic mass is 19.1. The zero-order valence-electron chi connectivity index (χ0n) is 7.51. The van der Waals surface area contributed by atoms with Gasteiger partial charge < -0.3 is 15.3 Å². The zero-order chi connectivity index (χ0) is 9.69. The van der Waals surface area contributed by atoms with Crippen LogP contribution in [-0.2, 0) is 4.79 Å². The molecule has 74 valence electrons. The normalized spacial score (nSPS) is 45.9. The van der Waals surface area contributed by atoms with Gasteiger partial charge in [0.2, 0.25) is 5.67 Å². The summed E-state index contributed by atoms with van der Waals surface area (Å²) in [6, 6.07) is 0. The average Bonchev–Trinajstić information content (AvgIpc) is 2.28. The molecule has 1 amide bonds. The third-order valence-corrected chi connectivity index (χ3v) is 3.01. The van der Waals surface area contributed by atoms with Crippen molar-refractivity contribution in [3.05, 3.63) is 0 Å². The average molecular weight is 188 g/mol. The Morgan fingerprint density at radius 2 is 2.38 bits per heavy atom. The van der Waals surface area contributed by atoms with Gasteiger partial charge in [-0.05, 0) is 7.05 Å². The predicted octanol–water partition coefficient (Wildman–Crippen LogP) is -1.11. The number of carbonyl (C=O) groups excluding carboxylic acids is 1. The van der Waals surface area contributed by atoms with Gasteiger partial charge in [0.25, 0.3) is 5.91 Å². The van der Waals surface area contributed by atoms with Crippen molar-refractivity contribution in [2.75, 3.05) is 26.7 Å². The van der Waals surface area contributed by atoms with Crippen molar-refractivity contribution in [1.82, 2.24) is 10.2 Å². The van der Waals surface area contributed by atoms with Crippen molar-refractivity contribution in [2.45, 2.75) is 17.7 Å². The lowest BCUT2D eigenvalue weighted by Crippen LogP contribution is -2.62. The van der Waals surface area contributed by atoms with Gasteiger partial charge in [0.1, 0.15) is 5.60 Å². The number of amides is 1. The molecule has 4 nitrogen and oxygen atoms in total. The van der Waals surface area contributed by atoms with E-state index in [1.165, 1.54) is 0 Å². The summed E-state index contributed by atoms with van der Waals surface area (Å²) in [5.74, 6) is -0.664. The number of carbonyl (C=O) groups is 1. The van der Waals surface area contributed by atoms with E-state index in [2.05, 4.69) is 5.32 Å². The smallest absolute Gasteiger partial charge is 0.261 e. The number of nitrogens with one attached hydrogen (secondary N) is 1. The first-order valence-electron chi connectivity index (χ1n) is 4.36. The van der Waals surface area contributed by atoms with Crippen molar-refractivity contribution < 1.29 is 14.3 Å². The maximum atomic E-state index is 14.0. The standard InChI is InChI=1S/C8H13FN2O2/c1-11-3-2-8(9)6(12)10-4-7(8,13)5-11/h13H,2-5H2,1H3,(H,10,12)/t7-,8-/m0/s1. The molecule has 0 aromatic carbocycles. The second-order valence-electron chi connectivity index (χ2n) is 4.00. The van der Waals surface area contributed by atoms with E-state index in [1.807, 2.05) is 4.90 Å². The van der Waals surface area contributed by atoms with E-state index in [0.29, 0.717) is 6.54 Å². The summed E-state index contributed by atoms with van der Waals surface area (Å²) in [7, 11) is 1.81. The van der Waals surface area contributed by atoms with E-state index >= 15 is 0 Å². The quantitative estimate of drug-likeness (QED) is 0.507. The molecular formula is C8H13FN2O2. The fraction of sp³-hybridized carbons (Fsp3) is 0.875. The number of halogens is 1. The maximum Gasteiger partial charge on any atom is 0.261 e. The fourth-order valence-electron chi connectivity index (χ4n) is 2.12. The number of rotatable bonds is 0. The molecule has 2 atom stereocenters. The number of hydrogen-bond donors (Lipinski definition) is 2. The van der Waals surface area contributed by atoms with Crippen LogP contribution in [0.25, 0.3) is 0 Å². The third-order valence-electron chi connectivity index (χ3n) is 3.01. The summed E-state index contributed by atoms with van der Waals surface area (Å²) in [5.41, 5.74) is -3.60. The van der Waals surface area contributed by atoms with Crippen LogP contribution in [0.4, 0.5) is 4.39 Å². The van der Waals surface area contributed by atoms with E-state index in [0.717, 1.165) is 0 Å². The first-order chi connectivity index (χ1) is 5.98. The monoisotopic (exact) mass is 188 g/mol. The van der Waals surface area contributed by atoms with Crippen LogP contribution in [0.2, 0.25) is 0 Å². The van der Waals surface area contributed by atoms with Crippen LogP contribution in [0, 0.1) is 0 Å². The van der Waals surface area contributed by atoms with Gasteiger partial charge in [-0.2, -0.15) is 0 Å². The molecule has 2 rings (SSSR count). The molecule has 5 heteroatoms. The molecule has 13 heavy (non-hydrogen) atoms. The summed E-state index contributed by atoms with van der Waals surface area (Å²) in [5, 5.41) is 12.3. The van der Waals surface area contributed by atoms with E-state index < -0.39 is 17.2 Å². The highest BCUT2D eigenvalue weighted by Crippen LogP contribution is 2.38. The number of aliphatic hydroxyl groups is 1. The van der Waals surface area contributed by atoms with E-state index in [-0.39, 0.29) is 19.5 Å². The molecule has 0 bridgehead atoms. The topological polar surface area (TPSA) is 52.6 Å². The Labute approximate surface area is 75.7 Å². The third kappa shape index (κ3) is 1.00. The molecule has 2 saturated heterocycles. The number of fused-ring (bicyclic) bond motifs is 1. The number of β-amino-alcohol motifs (C(OH)–C–C–N with tert-alkyl or cyclic N) is 1. The number of alkyl halides is 1. The summed E-state index contributed by atoms with van der Waals surface area (Å²) in [4.78, 5) is 13.0. The van der Waals surface area contributed by atoms with Crippen LogP contribution in [0.1, 0.15) is 6.42 Å². The molecule has 0 unspecified atom stereocenters. The van der Waals surface area contributed by atoms with E-state index in [9.17, 15) is 14.3 Å². The molecule has 0 aromatic rings. The Bertz CT molecular complexity index is 261. The molecule has 2 N–H and O–H groups in total. The molecule has 0 radical (unpaired) electrons. The second kappa shape index (κ2) is 2.42. The van der Waals surface area contributed by atoms with Crippen molar-refractivity contribution >= 4 is 5.91 Å². The minimum Gasteiger partial charge on any atom is -0.383 e. The first-order valence-corrected chi connectivity index (χ1v) is 4.36. The lowest BCUT2D eigenvalue weighted by molar-refractivity contribution is -0.151. The second-order valence-corrected chi connectivity index (χ2v) is 4.00. The number of nitrogens with zero attached hydrogens (tertiary/aromatic N) is 1. The molecule has 0 spiro atoms. The summed E-state index contributed by atoms with van der Waals surface area (Å²) in [6.07, 6.45) is 0.0752.